The second kappa shape index (κ2) is 10.2. The molecule has 0 amide bonds. The molecule has 1 N–H and O–H groups in total. The summed E-state index contributed by atoms with van der Waals surface area (Å²) >= 11 is 0. The minimum atomic E-state index is -0.524. The number of aliphatic hydroxyl groups is 1. The largest absolute Gasteiger partial charge is 0.387 e. The lowest BCUT2D eigenvalue weighted by Gasteiger charge is -2.39. The van der Waals surface area contributed by atoms with E-state index in [0.29, 0.717) is 5.92 Å². The molecule has 0 fully saturated rings. The molecule has 0 aromatic heterocycles. The van der Waals surface area contributed by atoms with Gasteiger partial charge in [0.05, 0.1) is 6.10 Å². The molecule has 0 saturated carbocycles. The van der Waals surface area contributed by atoms with Crippen LogP contribution in [-0.4, -0.2) is 16.0 Å². The van der Waals surface area contributed by atoms with Gasteiger partial charge >= 0.3 is 0 Å². The summed E-state index contributed by atoms with van der Waals surface area (Å²) in [5.74, 6) is 0.364. The highest BCUT2D eigenvalue weighted by atomic mass is 16.3. The van der Waals surface area contributed by atoms with Crippen LogP contribution < -0.4 is 0 Å². The van der Waals surface area contributed by atoms with E-state index in [9.17, 15) is 5.11 Å². The predicted molar refractivity (Wildman–Crippen MR) is 117 cm³/mol. The Morgan fingerprint density at radius 2 is 1.14 bits per heavy atom. The first-order valence-electron chi connectivity index (χ1n) is 10.2. The monoisotopic (exact) mass is 373 g/mol. The topological polar surface area (TPSA) is 23.5 Å². The van der Waals surface area contributed by atoms with Gasteiger partial charge in [-0.3, -0.25) is 4.90 Å². The number of rotatable bonds is 9. The number of hydrogen-bond acceptors (Lipinski definition) is 2. The van der Waals surface area contributed by atoms with E-state index in [0.717, 1.165) is 25.1 Å². The van der Waals surface area contributed by atoms with Crippen molar-refractivity contribution in [2.24, 2.45) is 5.92 Å². The SMILES string of the molecule is CC[C@H](C)[C@@H]([C@@H](O)c1ccccc1)N(Cc1ccccc1)Cc1ccccc1. The summed E-state index contributed by atoms with van der Waals surface area (Å²) in [6.07, 6.45) is 0.498. The van der Waals surface area contributed by atoms with Gasteiger partial charge in [-0.1, -0.05) is 111 Å². The zero-order valence-electron chi connectivity index (χ0n) is 16.9. The molecule has 0 saturated heterocycles. The van der Waals surface area contributed by atoms with E-state index in [1.54, 1.807) is 0 Å². The molecule has 0 radical (unpaired) electrons. The second-order valence-electron chi connectivity index (χ2n) is 7.61. The van der Waals surface area contributed by atoms with Crippen LogP contribution >= 0.6 is 0 Å². The first kappa shape index (κ1) is 20.3. The Morgan fingerprint density at radius 1 is 0.714 bits per heavy atom. The standard InChI is InChI=1S/C26H31NO/c1-3-21(2)25(26(28)24-17-11-6-12-18-24)27(19-22-13-7-4-8-14-22)20-23-15-9-5-10-16-23/h4-18,21,25-26,28H,3,19-20H2,1-2H3/t21-,25-,26-/m0/s1. The van der Waals surface area contributed by atoms with E-state index >= 15 is 0 Å². The first-order chi connectivity index (χ1) is 13.7. The third-order valence-corrected chi connectivity index (χ3v) is 5.57. The predicted octanol–water partition coefficient (Wildman–Crippen LogP) is 5.84. The minimum Gasteiger partial charge on any atom is -0.387 e. The first-order valence-corrected chi connectivity index (χ1v) is 10.2. The van der Waals surface area contributed by atoms with Crippen LogP contribution in [0, 0.1) is 5.92 Å². The lowest BCUT2D eigenvalue weighted by atomic mass is 9.88. The highest BCUT2D eigenvalue weighted by Gasteiger charge is 2.31. The van der Waals surface area contributed by atoms with Crippen molar-refractivity contribution < 1.29 is 5.11 Å². The van der Waals surface area contributed by atoms with Crippen molar-refractivity contribution in [2.75, 3.05) is 0 Å². The van der Waals surface area contributed by atoms with Gasteiger partial charge in [0.15, 0.2) is 0 Å². The Balaban J connectivity index is 1.94. The zero-order valence-corrected chi connectivity index (χ0v) is 16.9. The van der Waals surface area contributed by atoms with Crippen molar-refractivity contribution in [3.05, 3.63) is 108 Å². The van der Waals surface area contributed by atoms with Crippen molar-refractivity contribution in [3.63, 3.8) is 0 Å². The van der Waals surface area contributed by atoms with Gasteiger partial charge in [-0.15, -0.1) is 0 Å². The molecule has 3 aromatic carbocycles. The maximum absolute atomic E-state index is 11.4. The summed E-state index contributed by atoms with van der Waals surface area (Å²) < 4.78 is 0. The third-order valence-electron chi connectivity index (χ3n) is 5.57. The molecule has 28 heavy (non-hydrogen) atoms. The fraction of sp³-hybridized carbons (Fsp3) is 0.308. The molecule has 0 aliphatic heterocycles. The van der Waals surface area contributed by atoms with Crippen LogP contribution in [0.25, 0.3) is 0 Å². The Morgan fingerprint density at radius 3 is 1.57 bits per heavy atom. The van der Waals surface area contributed by atoms with Gasteiger partial charge in [-0.2, -0.15) is 0 Å². The third kappa shape index (κ3) is 5.31. The van der Waals surface area contributed by atoms with Crippen LogP contribution in [0.2, 0.25) is 0 Å². The molecule has 0 aliphatic carbocycles. The molecule has 2 heteroatoms. The summed E-state index contributed by atoms with van der Waals surface area (Å²) in [6.45, 7) is 6.08. The van der Waals surface area contributed by atoms with Gasteiger partial charge in [0.25, 0.3) is 0 Å². The van der Waals surface area contributed by atoms with Gasteiger partial charge in [0, 0.05) is 19.1 Å². The van der Waals surface area contributed by atoms with E-state index < -0.39 is 6.10 Å². The van der Waals surface area contributed by atoms with Gasteiger partial charge in [-0.25, -0.2) is 0 Å². The number of hydrogen-bond donors (Lipinski definition) is 1. The van der Waals surface area contributed by atoms with E-state index in [2.05, 4.69) is 79.4 Å². The number of aliphatic hydroxyl groups excluding tert-OH is 1. The van der Waals surface area contributed by atoms with Crippen LogP contribution in [-0.2, 0) is 13.1 Å². The summed E-state index contributed by atoms with van der Waals surface area (Å²) in [5, 5.41) is 11.4. The summed E-state index contributed by atoms with van der Waals surface area (Å²) in [6, 6.07) is 31.2. The lowest BCUT2D eigenvalue weighted by Crippen LogP contribution is -2.43. The van der Waals surface area contributed by atoms with Crippen molar-refractivity contribution in [1.82, 2.24) is 4.90 Å². The van der Waals surface area contributed by atoms with E-state index in [4.69, 9.17) is 0 Å². The van der Waals surface area contributed by atoms with E-state index in [-0.39, 0.29) is 6.04 Å². The quantitative estimate of drug-likeness (QED) is 0.509. The molecule has 0 unspecified atom stereocenters. The number of benzene rings is 3. The number of nitrogens with zero attached hydrogens (tertiary/aromatic N) is 1. The maximum Gasteiger partial charge on any atom is 0.0948 e. The van der Waals surface area contributed by atoms with Crippen LogP contribution in [0.5, 0.6) is 0 Å². The average Bonchev–Trinajstić information content (AvgIpc) is 2.75. The Kier molecular flexibility index (Phi) is 7.41. The molecule has 2 nitrogen and oxygen atoms in total. The van der Waals surface area contributed by atoms with Gasteiger partial charge in [-0.05, 0) is 22.6 Å². The van der Waals surface area contributed by atoms with Crippen LogP contribution in [0.3, 0.4) is 0 Å². The normalized spacial score (nSPS) is 14.6. The zero-order chi connectivity index (χ0) is 19.8. The van der Waals surface area contributed by atoms with Crippen LogP contribution in [0.1, 0.15) is 43.1 Å². The van der Waals surface area contributed by atoms with Gasteiger partial charge in [0.1, 0.15) is 0 Å². The van der Waals surface area contributed by atoms with Crippen molar-refractivity contribution in [3.8, 4) is 0 Å². The summed E-state index contributed by atoms with van der Waals surface area (Å²) in [7, 11) is 0. The Bertz CT molecular complexity index is 762. The fourth-order valence-corrected chi connectivity index (χ4v) is 3.86. The van der Waals surface area contributed by atoms with E-state index in [1.807, 2.05) is 30.3 Å². The molecule has 0 heterocycles. The fourth-order valence-electron chi connectivity index (χ4n) is 3.86. The average molecular weight is 374 g/mol. The highest BCUT2D eigenvalue weighted by Crippen LogP contribution is 2.30. The molecule has 0 aliphatic rings. The van der Waals surface area contributed by atoms with Gasteiger partial charge in [0.2, 0.25) is 0 Å². The van der Waals surface area contributed by atoms with Crippen molar-refractivity contribution >= 4 is 0 Å². The molecular formula is C26H31NO. The molecule has 3 rings (SSSR count). The second-order valence-corrected chi connectivity index (χ2v) is 7.61. The molecule has 146 valence electrons. The molecule has 3 aromatic rings. The van der Waals surface area contributed by atoms with Gasteiger partial charge < -0.3 is 5.11 Å². The maximum atomic E-state index is 11.4. The highest BCUT2D eigenvalue weighted by molar-refractivity contribution is 5.21. The summed E-state index contributed by atoms with van der Waals surface area (Å²) in [4.78, 5) is 2.44. The van der Waals surface area contributed by atoms with E-state index in [1.165, 1.54) is 11.1 Å². The molecule has 3 atom stereocenters. The minimum absolute atomic E-state index is 0.0350. The van der Waals surface area contributed by atoms with Crippen molar-refractivity contribution in [1.29, 1.82) is 0 Å². The Hall–Kier alpha value is -2.42. The molecular weight excluding hydrogens is 342 g/mol. The lowest BCUT2D eigenvalue weighted by molar-refractivity contribution is 0.00766. The smallest absolute Gasteiger partial charge is 0.0948 e. The van der Waals surface area contributed by atoms with Crippen LogP contribution in [0.15, 0.2) is 91.0 Å². The molecule has 0 bridgehead atoms. The Labute approximate surface area is 169 Å². The summed E-state index contributed by atoms with van der Waals surface area (Å²) in [5.41, 5.74) is 3.53. The van der Waals surface area contributed by atoms with Crippen molar-refractivity contribution in [2.45, 2.75) is 45.5 Å². The van der Waals surface area contributed by atoms with Crippen LogP contribution in [0.4, 0.5) is 0 Å². The molecule has 0 spiro atoms.